The highest BCUT2D eigenvalue weighted by Crippen LogP contribution is 2.30. The van der Waals surface area contributed by atoms with Crippen molar-refractivity contribution in [2.45, 2.75) is 36.8 Å². The van der Waals surface area contributed by atoms with Crippen LogP contribution in [-0.2, 0) is 0 Å². The van der Waals surface area contributed by atoms with Crippen molar-refractivity contribution in [1.29, 1.82) is 0 Å². The van der Waals surface area contributed by atoms with E-state index in [1.165, 1.54) is 25.7 Å². The van der Waals surface area contributed by atoms with Crippen LogP contribution in [0.4, 0.5) is 0 Å². The Morgan fingerprint density at radius 3 is 2.95 bits per heavy atom. The van der Waals surface area contributed by atoms with Gasteiger partial charge in [-0.3, -0.25) is 0 Å². The average Bonchev–Trinajstić information content (AvgIpc) is 2.85. The van der Waals surface area contributed by atoms with Gasteiger partial charge in [0.05, 0.1) is 5.52 Å². The first-order valence-corrected chi connectivity index (χ1v) is 7.91. The Bertz CT molecular complexity index is 553. The Morgan fingerprint density at radius 2 is 2.11 bits per heavy atom. The predicted molar refractivity (Wildman–Crippen MR) is 80.2 cm³/mol. The number of hydrogen-bond acceptors (Lipinski definition) is 4. The first-order chi connectivity index (χ1) is 9.34. The molecule has 1 heterocycles. The van der Waals surface area contributed by atoms with Crippen molar-refractivity contribution in [1.82, 2.24) is 9.97 Å². The van der Waals surface area contributed by atoms with Gasteiger partial charge in [-0.05, 0) is 37.0 Å². The van der Waals surface area contributed by atoms with Crippen molar-refractivity contribution < 1.29 is 0 Å². The van der Waals surface area contributed by atoms with Crippen LogP contribution in [-0.4, -0.2) is 21.8 Å². The summed E-state index contributed by atoms with van der Waals surface area (Å²) in [7, 11) is 0. The summed E-state index contributed by atoms with van der Waals surface area (Å²) in [5.41, 5.74) is 7.14. The fourth-order valence-corrected chi connectivity index (χ4v) is 3.89. The quantitative estimate of drug-likeness (QED) is 0.686. The fraction of sp³-hybridized carbons (Fsp3) is 0.467. The zero-order chi connectivity index (χ0) is 13.1. The molecule has 1 aromatic heterocycles. The van der Waals surface area contributed by atoms with Crippen molar-refractivity contribution in [3.63, 3.8) is 0 Å². The lowest BCUT2D eigenvalue weighted by atomic mass is 10.0. The van der Waals surface area contributed by atoms with E-state index in [9.17, 15) is 0 Å². The van der Waals surface area contributed by atoms with E-state index in [0.29, 0.717) is 12.0 Å². The summed E-state index contributed by atoms with van der Waals surface area (Å²) in [4.78, 5) is 8.71. The molecule has 1 aromatic carbocycles. The average molecular weight is 273 g/mol. The fourth-order valence-electron chi connectivity index (χ4n) is 2.83. The highest BCUT2D eigenvalue weighted by molar-refractivity contribution is 7.99. The Morgan fingerprint density at radius 1 is 1.21 bits per heavy atom. The summed E-state index contributed by atoms with van der Waals surface area (Å²) in [6, 6.07) is 8.61. The van der Waals surface area contributed by atoms with Crippen LogP contribution in [0, 0.1) is 5.92 Å². The monoisotopic (exact) mass is 273 g/mol. The number of rotatable bonds is 4. The molecule has 1 saturated carbocycles. The molecule has 1 fully saturated rings. The van der Waals surface area contributed by atoms with Crippen molar-refractivity contribution >= 4 is 22.7 Å². The van der Waals surface area contributed by atoms with E-state index in [1.54, 1.807) is 6.33 Å². The molecule has 0 aliphatic heterocycles. The van der Waals surface area contributed by atoms with Gasteiger partial charge in [0.15, 0.2) is 0 Å². The van der Waals surface area contributed by atoms with Gasteiger partial charge in [0.1, 0.15) is 11.4 Å². The number of hydrogen-bond donors (Lipinski definition) is 1. The van der Waals surface area contributed by atoms with Gasteiger partial charge in [0.2, 0.25) is 0 Å². The Labute approximate surface area is 118 Å². The SMILES string of the molecule is NC1CCCC1CCSc1ncnc2ccccc12. The molecule has 2 aromatic rings. The van der Waals surface area contributed by atoms with Gasteiger partial charge in [0, 0.05) is 11.4 Å². The zero-order valence-corrected chi connectivity index (χ0v) is 11.8. The van der Waals surface area contributed by atoms with Crippen LogP contribution in [0.2, 0.25) is 0 Å². The zero-order valence-electron chi connectivity index (χ0n) is 11.0. The molecule has 19 heavy (non-hydrogen) atoms. The van der Waals surface area contributed by atoms with Gasteiger partial charge < -0.3 is 5.73 Å². The molecule has 0 bridgehead atoms. The highest BCUT2D eigenvalue weighted by Gasteiger charge is 2.23. The minimum absolute atomic E-state index is 0.419. The molecule has 0 saturated heterocycles. The number of thioether (sulfide) groups is 1. The van der Waals surface area contributed by atoms with Gasteiger partial charge >= 0.3 is 0 Å². The molecular weight excluding hydrogens is 254 g/mol. The molecule has 3 rings (SSSR count). The van der Waals surface area contributed by atoms with Gasteiger partial charge in [-0.25, -0.2) is 9.97 Å². The first kappa shape index (κ1) is 12.9. The second-order valence-corrected chi connectivity index (χ2v) is 6.27. The smallest absolute Gasteiger partial charge is 0.117 e. The standard InChI is InChI=1S/C15H19N3S/c16-13-6-3-4-11(13)8-9-19-15-12-5-1-2-7-14(12)17-10-18-15/h1-2,5,7,10-11,13H,3-4,6,8-9,16H2. The van der Waals surface area contributed by atoms with Crippen molar-refractivity contribution in [3.8, 4) is 0 Å². The van der Waals surface area contributed by atoms with Crippen LogP contribution < -0.4 is 5.73 Å². The number of para-hydroxylation sites is 1. The maximum atomic E-state index is 6.11. The molecule has 0 spiro atoms. The molecule has 1 aliphatic carbocycles. The second-order valence-electron chi connectivity index (χ2n) is 5.19. The summed E-state index contributed by atoms with van der Waals surface area (Å²) < 4.78 is 0. The van der Waals surface area contributed by atoms with E-state index in [0.717, 1.165) is 21.7 Å². The third kappa shape index (κ3) is 2.90. The summed E-state index contributed by atoms with van der Waals surface area (Å²) in [5.74, 6) is 1.81. The molecule has 2 N–H and O–H groups in total. The molecule has 0 amide bonds. The van der Waals surface area contributed by atoms with Crippen molar-refractivity contribution in [2.24, 2.45) is 11.7 Å². The maximum Gasteiger partial charge on any atom is 0.117 e. The van der Waals surface area contributed by atoms with Crippen LogP contribution in [0.1, 0.15) is 25.7 Å². The van der Waals surface area contributed by atoms with Gasteiger partial charge in [-0.15, -0.1) is 11.8 Å². The van der Waals surface area contributed by atoms with E-state index in [4.69, 9.17) is 5.73 Å². The van der Waals surface area contributed by atoms with Crippen molar-refractivity contribution in [2.75, 3.05) is 5.75 Å². The normalized spacial score (nSPS) is 23.0. The molecule has 4 heteroatoms. The Balaban J connectivity index is 1.65. The lowest BCUT2D eigenvalue weighted by Gasteiger charge is -2.14. The number of fused-ring (bicyclic) bond motifs is 1. The molecule has 100 valence electrons. The number of aromatic nitrogens is 2. The molecule has 2 unspecified atom stereocenters. The minimum Gasteiger partial charge on any atom is -0.327 e. The number of nitrogens with two attached hydrogens (primary N) is 1. The van der Waals surface area contributed by atoms with Crippen LogP contribution >= 0.6 is 11.8 Å². The molecule has 1 aliphatic rings. The maximum absolute atomic E-state index is 6.11. The van der Waals surface area contributed by atoms with Gasteiger partial charge in [-0.1, -0.05) is 24.6 Å². The van der Waals surface area contributed by atoms with E-state index in [1.807, 2.05) is 30.0 Å². The van der Waals surface area contributed by atoms with Crippen LogP contribution in [0.3, 0.4) is 0 Å². The van der Waals surface area contributed by atoms with Crippen LogP contribution in [0.5, 0.6) is 0 Å². The molecule has 0 radical (unpaired) electrons. The summed E-state index contributed by atoms with van der Waals surface area (Å²) in [6.07, 6.45) is 6.65. The van der Waals surface area contributed by atoms with Gasteiger partial charge in [0.25, 0.3) is 0 Å². The number of nitrogens with zero attached hydrogens (tertiary/aromatic N) is 2. The third-order valence-electron chi connectivity index (χ3n) is 3.95. The van der Waals surface area contributed by atoms with E-state index < -0.39 is 0 Å². The first-order valence-electron chi connectivity index (χ1n) is 6.93. The second kappa shape index (κ2) is 5.88. The molecule has 3 nitrogen and oxygen atoms in total. The minimum atomic E-state index is 0.419. The largest absolute Gasteiger partial charge is 0.327 e. The lowest BCUT2D eigenvalue weighted by molar-refractivity contribution is 0.470. The number of benzene rings is 1. The topological polar surface area (TPSA) is 51.8 Å². The molecule has 2 atom stereocenters. The summed E-state index contributed by atoms with van der Waals surface area (Å²) in [6.45, 7) is 0. The van der Waals surface area contributed by atoms with E-state index in [2.05, 4.69) is 16.0 Å². The predicted octanol–water partition coefficient (Wildman–Crippen LogP) is 3.24. The van der Waals surface area contributed by atoms with Crippen molar-refractivity contribution in [3.05, 3.63) is 30.6 Å². The van der Waals surface area contributed by atoms with Crippen LogP contribution in [0.25, 0.3) is 10.9 Å². The highest BCUT2D eigenvalue weighted by atomic mass is 32.2. The third-order valence-corrected chi connectivity index (χ3v) is 4.99. The lowest BCUT2D eigenvalue weighted by Crippen LogP contribution is -2.24. The summed E-state index contributed by atoms with van der Waals surface area (Å²) >= 11 is 1.83. The van der Waals surface area contributed by atoms with E-state index >= 15 is 0 Å². The van der Waals surface area contributed by atoms with Gasteiger partial charge in [-0.2, -0.15) is 0 Å². The molecular formula is C15H19N3S. The Hall–Kier alpha value is -1.13. The van der Waals surface area contributed by atoms with Crippen LogP contribution in [0.15, 0.2) is 35.6 Å². The Kier molecular flexibility index (Phi) is 3.99. The summed E-state index contributed by atoms with van der Waals surface area (Å²) in [5, 5.41) is 2.25. The van der Waals surface area contributed by atoms with E-state index in [-0.39, 0.29) is 0 Å².